The summed E-state index contributed by atoms with van der Waals surface area (Å²) in [6, 6.07) is 2.57. The molecule has 1 heterocycles. The third-order valence-electron chi connectivity index (χ3n) is 4.07. The van der Waals surface area contributed by atoms with Gasteiger partial charge in [0, 0.05) is 6.04 Å². The Labute approximate surface area is 110 Å². The molecule has 0 aromatic heterocycles. The average molecular weight is 270 g/mol. The Kier molecular flexibility index (Phi) is 4.29. The summed E-state index contributed by atoms with van der Waals surface area (Å²) < 4.78 is 23.5. The first-order chi connectivity index (χ1) is 8.55. The van der Waals surface area contributed by atoms with E-state index in [-0.39, 0.29) is 11.5 Å². The minimum absolute atomic E-state index is 0.00694. The standard InChI is InChI=1S/C13H22N2O2S/c14-10-13(8-5-9-18(16,17)11-13)15-12-6-3-1-2-4-7-12/h12,15H,1-9,11H2. The average Bonchev–Trinajstić information content (AvgIpc) is 2.56. The monoisotopic (exact) mass is 270 g/mol. The van der Waals surface area contributed by atoms with E-state index in [0.29, 0.717) is 18.9 Å². The molecule has 0 radical (unpaired) electrons. The van der Waals surface area contributed by atoms with Crippen LogP contribution in [0, 0.1) is 11.3 Å². The molecule has 0 bridgehead atoms. The van der Waals surface area contributed by atoms with Crippen LogP contribution in [0.1, 0.15) is 51.4 Å². The fraction of sp³-hybridized carbons (Fsp3) is 0.923. The van der Waals surface area contributed by atoms with Gasteiger partial charge in [0.15, 0.2) is 9.84 Å². The third-order valence-corrected chi connectivity index (χ3v) is 5.92. The Morgan fingerprint density at radius 2 is 1.78 bits per heavy atom. The van der Waals surface area contributed by atoms with Crippen LogP contribution in [0.25, 0.3) is 0 Å². The molecule has 0 amide bonds. The van der Waals surface area contributed by atoms with E-state index >= 15 is 0 Å². The highest BCUT2D eigenvalue weighted by atomic mass is 32.2. The second-order valence-corrected chi connectivity index (χ2v) is 7.91. The SMILES string of the molecule is N#CC1(NC2CCCCCC2)CCCS(=O)(=O)C1. The zero-order chi connectivity index (χ0) is 13.1. The third kappa shape index (κ3) is 3.46. The molecule has 0 aromatic carbocycles. The van der Waals surface area contributed by atoms with Crippen molar-refractivity contribution in [3.05, 3.63) is 0 Å². The maximum Gasteiger partial charge on any atom is 0.153 e. The van der Waals surface area contributed by atoms with Gasteiger partial charge in [-0.2, -0.15) is 5.26 Å². The second-order valence-electron chi connectivity index (χ2n) is 5.72. The summed E-state index contributed by atoms with van der Waals surface area (Å²) in [5.74, 6) is 0.232. The zero-order valence-corrected chi connectivity index (χ0v) is 11.6. The smallest absolute Gasteiger partial charge is 0.153 e. The maximum absolute atomic E-state index is 11.7. The van der Waals surface area contributed by atoms with Gasteiger partial charge in [0.05, 0.1) is 17.6 Å². The molecule has 5 heteroatoms. The molecule has 1 saturated carbocycles. The second kappa shape index (κ2) is 5.58. The molecule has 1 N–H and O–H groups in total. The molecule has 2 fully saturated rings. The van der Waals surface area contributed by atoms with Crippen molar-refractivity contribution >= 4 is 9.84 Å². The van der Waals surface area contributed by atoms with E-state index in [9.17, 15) is 13.7 Å². The fourth-order valence-electron chi connectivity index (χ4n) is 3.16. The van der Waals surface area contributed by atoms with Crippen LogP contribution in [0.15, 0.2) is 0 Å². The molecule has 2 rings (SSSR count). The van der Waals surface area contributed by atoms with Gasteiger partial charge >= 0.3 is 0 Å². The van der Waals surface area contributed by atoms with Crippen LogP contribution < -0.4 is 5.32 Å². The highest BCUT2D eigenvalue weighted by molar-refractivity contribution is 7.91. The fourth-order valence-corrected chi connectivity index (χ4v) is 4.93. The van der Waals surface area contributed by atoms with E-state index < -0.39 is 15.4 Å². The first kappa shape index (κ1) is 13.8. The summed E-state index contributed by atoms with van der Waals surface area (Å²) in [4.78, 5) is 0. The Bertz CT molecular complexity index is 419. The topological polar surface area (TPSA) is 70.0 Å². The molecule has 102 valence electrons. The van der Waals surface area contributed by atoms with Gasteiger partial charge in [-0.3, -0.25) is 5.32 Å². The lowest BCUT2D eigenvalue weighted by molar-refractivity contribution is 0.326. The molecule has 1 unspecified atom stereocenters. The minimum Gasteiger partial charge on any atom is -0.296 e. The predicted molar refractivity (Wildman–Crippen MR) is 70.9 cm³/mol. The van der Waals surface area contributed by atoms with E-state index in [1.807, 2.05) is 0 Å². The summed E-state index contributed by atoms with van der Waals surface area (Å²) >= 11 is 0. The quantitative estimate of drug-likeness (QED) is 0.776. The molecule has 1 aliphatic carbocycles. The molecule has 1 saturated heterocycles. The predicted octanol–water partition coefficient (Wildman–Crippen LogP) is 1.77. The van der Waals surface area contributed by atoms with Gasteiger partial charge in [0.2, 0.25) is 0 Å². The molecule has 0 aromatic rings. The van der Waals surface area contributed by atoms with Gasteiger partial charge in [0.1, 0.15) is 5.54 Å². The van der Waals surface area contributed by atoms with Crippen LogP contribution in [0.3, 0.4) is 0 Å². The number of nitrogens with zero attached hydrogens (tertiary/aromatic N) is 1. The number of hydrogen-bond acceptors (Lipinski definition) is 4. The van der Waals surface area contributed by atoms with Gasteiger partial charge in [-0.05, 0) is 25.7 Å². The highest BCUT2D eigenvalue weighted by Crippen LogP contribution is 2.26. The molecule has 1 atom stereocenters. The van der Waals surface area contributed by atoms with Crippen molar-refractivity contribution in [2.24, 2.45) is 0 Å². The van der Waals surface area contributed by atoms with E-state index in [0.717, 1.165) is 12.8 Å². The van der Waals surface area contributed by atoms with Crippen LogP contribution in [-0.2, 0) is 9.84 Å². The van der Waals surface area contributed by atoms with Crippen LogP contribution in [-0.4, -0.2) is 31.5 Å². The van der Waals surface area contributed by atoms with Gasteiger partial charge < -0.3 is 0 Å². The van der Waals surface area contributed by atoms with Gasteiger partial charge in [-0.25, -0.2) is 8.42 Å². The molecule has 0 spiro atoms. The summed E-state index contributed by atoms with van der Waals surface area (Å²) in [7, 11) is -3.05. The number of rotatable bonds is 2. The van der Waals surface area contributed by atoms with Gasteiger partial charge in [0.25, 0.3) is 0 Å². The van der Waals surface area contributed by atoms with Crippen LogP contribution in [0.4, 0.5) is 0 Å². The van der Waals surface area contributed by atoms with Crippen LogP contribution >= 0.6 is 0 Å². The largest absolute Gasteiger partial charge is 0.296 e. The van der Waals surface area contributed by atoms with E-state index in [4.69, 9.17) is 0 Å². The van der Waals surface area contributed by atoms with Crippen molar-refractivity contribution in [1.82, 2.24) is 5.32 Å². The Balaban J connectivity index is 2.05. The lowest BCUT2D eigenvalue weighted by Crippen LogP contribution is -2.56. The number of nitriles is 1. The van der Waals surface area contributed by atoms with E-state index in [1.54, 1.807) is 0 Å². The Morgan fingerprint density at radius 3 is 2.33 bits per heavy atom. The van der Waals surface area contributed by atoms with Crippen molar-refractivity contribution in [2.75, 3.05) is 11.5 Å². The van der Waals surface area contributed by atoms with Gasteiger partial charge in [-0.1, -0.05) is 25.7 Å². The summed E-state index contributed by atoms with van der Waals surface area (Å²) in [6.07, 6.45) is 8.31. The van der Waals surface area contributed by atoms with Crippen molar-refractivity contribution in [1.29, 1.82) is 5.26 Å². The summed E-state index contributed by atoms with van der Waals surface area (Å²) in [5, 5.41) is 12.8. The maximum atomic E-state index is 11.7. The summed E-state index contributed by atoms with van der Waals surface area (Å²) in [5.41, 5.74) is -0.827. The molecule has 18 heavy (non-hydrogen) atoms. The van der Waals surface area contributed by atoms with Gasteiger partial charge in [-0.15, -0.1) is 0 Å². The zero-order valence-electron chi connectivity index (χ0n) is 10.8. The number of hydrogen-bond donors (Lipinski definition) is 1. The Morgan fingerprint density at radius 1 is 1.11 bits per heavy atom. The molecule has 1 aliphatic heterocycles. The van der Waals surface area contributed by atoms with E-state index in [1.165, 1.54) is 25.7 Å². The molecule has 2 aliphatic rings. The van der Waals surface area contributed by atoms with Crippen molar-refractivity contribution in [3.63, 3.8) is 0 Å². The normalized spacial score (nSPS) is 33.5. The van der Waals surface area contributed by atoms with Crippen molar-refractivity contribution in [2.45, 2.75) is 62.9 Å². The molecular weight excluding hydrogens is 248 g/mol. The first-order valence-electron chi connectivity index (χ1n) is 6.95. The van der Waals surface area contributed by atoms with Crippen molar-refractivity contribution < 1.29 is 8.42 Å². The number of sulfone groups is 1. The number of nitrogens with one attached hydrogen (secondary N) is 1. The lowest BCUT2D eigenvalue weighted by Gasteiger charge is -2.35. The van der Waals surface area contributed by atoms with E-state index in [2.05, 4.69) is 11.4 Å². The molecular formula is C13H22N2O2S. The first-order valence-corrected chi connectivity index (χ1v) is 8.77. The lowest BCUT2D eigenvalue weighted by atomic mass is 9.94. The van der Waals surface area contributed by atoms with Crippen LogP contribution in [0.5, 0.6) is 0 Å². The summed E-state index contributed by atoms with van der Waals surface area (Å²) in [6.45, 7) is 0. The minimum atomic E-state index is -3.05. The highest BCUT2D eigenvalue weighted by Gasteiger charge is 2.40. The van der Waals surface area contributed by atoms with Crippen molar-refractivity contribution in [3.8, 4) is 6.07 Å². The Hall–Kier alpha value is -0.600. The van der Waals surface area contributed by atoms with Crippen LogP contribution in [0.2, 0.25) is 0 Å². The molecule has 4 nitrogen and oxygen atoms in total.